The zero-order valence-corrected chi connectivity index (χ0v) is 10.6. The van der Waals surface area contributed by atoms with Gasteiger partial charge in [0.1, 0.15) is 5.58 Å². The van der Waals surface area contributed by atoms with Crippen LogP contribution in [-0.4, -0.2) is 4.57 Å². The molecule has 2 aromatic carbocycles. The summed E-state index contributed by atoms with van der Waals surface area (Å²) in [6.45, 7) is 0. The summed E-state index contributed by atoms with van der Waals surface area (Å²) in [5.41, 5.74) is 4.53. The first-order chi connectivity index (χ1) is 9.33. The second-order valence-electron chi connectivity index (χ2n) is 4.85. The first-order valence-electron chi connectivity index (χ1n) is 6.34. The summed E-state index contributed by atoms with van der Waals surface area (Å²) in [5.74, 6) is 0. The van der Waals surface area contributed by atoms with Gasteiger partial charge in [-0.25, -0.2) is 0 Å². The fourth-order valence-corrected chi connectivity index (χ4v) is 2.65. The summed E-state index contributed by atoms with van der Waals surface area (Å²) >= 11 is 0. The van der Waals surface area contributed by atoms with E-state index in [4.69, 9.17) is 4.42 Å². The standard InChI is InChI=1S/C17H13NO/c1-18-9-8-13-10-12(6-7-16(13)18)15-11-19-17-5-3-2-4-14(15)17/h2-11H,1H3. The van der Waals surface area contributed by atoms with Crippen molar-refractivity contribution in [2.24, 2.45) is 7.05 Å². The van der Waals surface area contributed by atoms with E-state index in [9.17, 15) is 0 Å². The summed E-state index contributed by atoms with van der Waals surface area (Å²) in [5, 5.41) is 2.42. The lowest BCUT2D eigenvalue weighted by molar-refractivity contribution is 0.617. The number of nitrogens with zero attached hydrogens (tertiary/aromatic N) is 1. The van der Waals surface area contributed by atoms with Crippen LogP contribution in [-0.2, 0) is 7.05 Å². The van der Waals surface area contributed by atoms with Crippen molar-refractivity contribution in [2.45, 2.75) is 0 Å². The molecule has 92 valence electrons. The van der Waals surface area contributed by atoms with E-state index in [0.29, 0.717) is 0 Å². The van der Waals surface area contributed by atoms with Crippen molar-refractivity contribution in [3.63, 3.8) is 0 Å². The fourth-order valence-electron chi connectivity index (χ4n) is 2.65. The topological polar surface area (TPSA) is 18.1 Å². The highest BCUT2D eigenvalue weighted by molar-refractivity contribution is 5.96. The van der Waals surface area contributed by atoms with Gasteiger partial charge in [-0.1, -0.05) is 24.3 Å². The van der Waals surface area contributed by atoms with Crippen LogP contribution in [0, 0.1) is 0 Å². The molecule has 0 aliphatic heterocycles. The molecule has 2 heteroatoms. The molecule has 0 unspecified atom stereocenters. The number of furan rings is 1. The molecule has 4 rings (SSSR count). The van der Waals surface area contributed by atoms with Crippen LogP contribution in [0.3, 0.4) is 0 Å². The molecule has 2 aromatic heterocycles. The Labute approximate surface area is 110 Å². The SMILES string of the molecule is Cn1ccc2cc(-c3coc4ccccc34)ccc21. The number of aromatic nitrogens is 1. The van der Waals surface area contributed by atoms with Crippen LogP contribution in [0.5, 0.6) is 0 Å². The molecule has 4 aromatic rings. The highest BCUT2D eigenvalue weighted by Crippen LogP contribution is 2.32. The minimum absolute atomic E-state index is 0.936. The van der Waals surface area contributed by atoms with E-state index in [1.807, 2.05) is 24.5 Å². The molecule has 0 aliphatic carbocycles. The number of hydrogen-bond acceptors (Lipinski definition) is 1. The molecule has 0 saturated carbocycles. The van der Waals surface area contributed by atoms with Crippen LogP contribution in [0.4, 0.5) is 0 Å². The van der Waals surface area contributed by atoms with E-state index in [-0.39, 0.29) is 0 Å². The van der Waals surface area contributed by atoms with E-state index >= 15 is 0 Å². The largest absolute Gasteiger partial charge is 0.464 e. The molecular weight excluding hydrogens is 234 g/mol. The van der Waals surface area contributed by atoms with Gasteiger partial charge in [-0.3, -0.25) is 0 Å². The minimum atomic E-state index is 0.936. The van der Waals surface area contributed by atoms with Gasteiger partial charge in [-0.15, -0.1) is 0 Å². The highest BCUT2D eigenvalue weighted by Gasteiger charge is 2.08. The molecule has 0 bridgehead atoms. The van der Waals surface area contributed by atoms with Crippen LogP contribution in [0.1, 0.15) is 0 Å². The van der Waals surface area contributed by atoms with E-state index in [2.05, 4.69) is 48.1 Å². The van der Waals surface area contributed by atoms with Crippen molar-refractivity contribution >= 4 is 21.9 Å². The van der Waals surface area contributed by atoms with Gasteiger partial charge < -0.3 is 8.98 Å². The van der Waals surface area contributed by atoms with Crippen LogP contribution in [0.2, 0.25) is 0 Å². The predicted octanol–water partition coefficient (Wildman–Crippen LogP) is 4.59. The molecule has 2 nitrogen and oxygen atoms in total. The average molecular weight is 247 g/mol. The fraction of sp³-hybridized carbons (Fsp3) is 0.0588. The zero-order valence-electron chi connectivity index (χ0n) is 10.6. The Hall–Kier alpha value is -2.48. The molecule has 0 spiro atoms. The lowest BCUT2D eigenvalue weighted by Crippen LogP contribution is -1.83. The number of para-hydroxylation sites is 1. The Kier molecular flexibility index (Phi) is 2.06. The van der Waals surface area contributed by atoms with Gasteiger partial charge in [0, 0.05) is 35.1 Å². The highest BCUT2D eigenvalue weighted by atomic mass is 16.3. The lowest BCUT2D eigenvalue weighted by Gasteiger charge is -2.01. The first-order valence-corrected chi connectivity index (χ1v) is 6.34. The number of aryl methyl sites for hydroxylation is 1. The third kappa shape index (κ3) is 1.50. The molecule has 2 heterocycles. The number of fused-ring (bicyclic) bond motifs is 2. The summed E-state index contributed by atoms with van der Waals surface area (Å²) in [7, 11) is 2.06. The molecule has 19 heavy (non-hydrogen) atoms. The average Bonchev–Trinajstić information content (AvgIpc) is 3.03. The van der Waals surface area contributed by atoms with Crippen LogP contribution >= 0.6 is 0 Å². The second-order valence-corrected chi connectivity index (χ2v) is 4.85. The van der Waals surface area contributed by atoms with Gasteiger partial charge >= 0.3 is 0 Å². The molecule has 0 atom stereocenters. The van der Waals surface area contributed by atoms with Crippen molar-refractivity contribution in [3.8, 4) is 11.1 Å². The summed E-state index contributed by atoms with van der Waals surface area (Å²) in [6, 6.07) is 16.8. The van der Waals surface area contributed by atoms with Crippen molar-refractivity contribution in [1.82, 2.24) is 4.57 Å². The van der Waals surface area contributed by atoms with Crippen molar-refractivity contribution in [1.29, 1.82) is 0 Å². The molecular formula is C17H13NO. The normalized spacial score (nSPS) is 11.4. The zero-order chi connectivity index (χ0) is 12.8. The van der Waals surface area contributed by atoms with Crippen LogP contribution in [0.25, 0.3) is 33.0 Å². The Morgan fingerprint density at radius 1 is 1.00 bits per heavy atom. The number of rotatable bonds is 1. The Balaban J connectivity index is 1.98. The van der Waals surface area contributed by atoms with Gasteiger partial charge in [-0.2, -0.15) is 0 Å². The maximum atomic E-state index is 5.62. The van der Waals surface area contributed by atoms with Crippen molar-refractivity contribution in [2.75, 3.05) is 0 Å². The van der Waals surface area contributed by atoms with Gasteiger partial charge in [0.05, 0.1) is 6.26 Å². The summed E-state index contributed by atoms with van der Waals surface area (Å²) < 4.78 is 7.75. The molecule has 0 radical (unpaired) electrons. The van der Waals surface area contributed by atoms with Crippen LogP contribution < -0.4 is 0 Å². The van der Waals surface area contributed by atoms with E-state index in [1.165, 1.54) is 16.5 Å². The molecule has 0 amide bonds. The minimum Gasteiger partial charge on any atom is -0.464 e. The summed E-state index contributed by atoms with van der Waals surface area (Å²) in [4.78, 5) is 0. The maximum Gasteiger partial charge on any atom is 0.134 e. The third-order valence-corrected chi connectivity index (χ3v) is 3.68. The quantitative estimate of drug-likeness (QED) is 0.481. The second kappa shape index (κ2) is 3.75. The van der Waals surface area contributed by atoms with E-state index in [0.717, 1.165) is 16.5 Å². The van der Waals surface area contributed by atoms with Gasteiger partial charge in [0.2, 0.25) is 0 Å². The van der Waals surface area contributed by atoms with E-state index < -0.39 is 0 Å². The molecule has 0 aliphatic rings. The van der Waals surface area contributed by atoms with Gasteiger partial charge in [0.25, 0.3) is 0 Å². The first kappa shape index (κ1) is 10.4. The number of benzene rings is 2. The molecule has 0 fully saturated rings. The number of hydrogen-bond donors (Lipinski definition) is 0. The Morgan fingerprint density at radius 3 is 2.84 bits per heavy atom. The molecule has 0 N–H and O–H groups in total. The monoisotopic (exact) mass is 247 g/mol. The Bertz CT molecular complexity index is 882. The molecule has 0 saturated heterocycles. The van der Waals surface area contributed by atoms with E-state index in [1.54, 1.807) is 0 Å². The van der Waals surface area contributed by atoms with Crippen molar-refractivity contribution in [3.05, 3.63) is 61.0 Å². The van der Waals surface area contributed by atoms with Crippen molar-refractivity contribution < 1.29 is 4.42 Å². The van der Waals surface area contributed by atoms with Gasteiger partial charge in [-0.05, 0) is 29.8 Å². The lowest BCUT2D eigenvalue weighted by atomic mass is 10.0. The predicted molar refractivity (Wildman–Crippen MR) is 78.1 cm³/mol. The third-order valence-electron chi connectivity index (χ3n) is 3.68. The maximum absolute atomic E-state index is 5.62. The Morgan fingerprint density at radius 2 is 1.89 bits per heavy atom. The van der Waals surface area contributed by atoms with Gasteiger partial charge in [0.15, 0.2) is 0 Å². The summed E-state index contributed by atoms with van der Waals surface area (Å²) in [6.07, 6.45) is 3.93. The smallest absolute Gasteiger partial charge is 0.134 e. The van der Waals surface area contributed by atoms with Crippen LogP contribution in [0.15, 0.2) is 65.4 Å².